The van der Waals surface area contributed by atoms with Gasteiger partial charge in [0.25, 0.3) is 5.91 Å². The summed E-state index contributed by atoms with van der Waals surface area (Å²) < 4.78 is 12.2. The predicted octanol–water partition coefficient (Wildman–Crippen LogP) is 2.83. The van der Waals surface area contributed by atoms with Crippen molar-refractivity contribution >= 4 is 5.91 Å². The number of ether oxygens (including phenoxy) is 2. The Bertz CT molecular complexity index is 855. The van der Waals surface area contributed by atoms with Gasteiger partial charge in [0.1, 0.15) is 5.75 Å². The van der Waals surface area contributed by atoms with Crippen LogP contribution in [0, 0.1) is 6.92 Å². The number of aromatic nitrogens is 1. The van der Waals surface area contributed by atoms with Crippen LogP contribution in [-0.4, -0.2) is 66.2 Å². The number of carbonyl (C=O) groups excluding carboxylic acids is 1. The molecule has 3 heterocycles. The van der Waals surface area contributed by atoms with E-state index in [0.29, 0.717) is 6.61 Å². The molecule has 0 unspecified atom stereocenters. The lowest BCUT2D eigenvalue weighted by Gasteiger charge is -2.29. The standard InChI is InChI=1S/C24H31N3O3/c1-18-10-11-19(13-25-18)14-27-15-21-23(16-27)29-12-6-5-8-20-7-3-4-9-22(20)30-17-24(28)26(21)2/h3-4,7,9-11,13,21,23H,5-6,8,12,14-17H2,1-2H3/t21-,23+/m0/s1. The Hall–Kier alpha value is -2.44. The topological polar surface area (TPSA) is 54.9 Å². The van der Waals surface area contributed by atoms with Crippen molar-refractivity contribution in [1.82, 2.24) is 14.8 Å². The van der Waals surface area contributed by atoms with Gasteiger partial charge < -0.3 is 14.4 Å². The zero-order valence-electron chi connectivity index (χ0n) is 17.9. The summed E-state index contributed by atoms with van der Waals surface area (Å²) in [5.41, 5.74) is 3.36. The van der Waals surface area contributed by atoms with Crippen molar-refractivity contribution in [2.24, 2.45) is 0 Å². The first-order chi connectivity index (χ1) is 14.6. The first-order valence-corrected chi connectivity index (χ1v) is 10.8. The van der Waals surface area contributed by atoms with Gasteiger partial charge >= 0.3 is 0 Å². The number of fused-ring (bicyclic) bond motifs is 2. The highest BCUT2D eigenvalue weighted by Gasteiger charge is 2.38. The molecule has 6 nitrogen and oxygen atoms in total. The Morgan fingerprint density at radius 2 is 2.00 bits per heavy atom. The number of benzene rings is 1. The molecule has 2 aromatic rings. The number of aryl methyl sites for hydroxylation is 2. The Morgan fingerprint density at radius 1 is 1.13 bits per heavy atom. The Morgan fingerprint density at radius 3 is 2.83 bits per heavy atom. The highest BCUT2D eigenvalue weighted by atomic mass is 16.5. The lowest BCUT2D eigenvalue weighted by molar-refractivity contribution is -0.136. The number of amides is 1. The van der Waals surface area contributed by atoms with Crippen LogP contribution >= 0.6 is 0 Å². The van der Waals surface area contributed by atoms with Crippen LogP contribution in [-0.2, 0) is 22.5 Å². The minimum Gasteiger partial charge on any atom is -0.483 e. The second-order valence-electron chi connectivity index (χ2n) is 8.34. The van der Waals surface area contributed by atoms with Crippen LogP contribution in [0.4, 0.5) is 0 Å². The number of hydrogen-bond acceptors (Lipinski definition) is 5. The van der Waals surface area contributed by atoms with Gasteiger partial charge in [-0.2, -0.15) is 0 Å². The van der Waals surface area contributed by atoms with Gasteiger partial charge in [-0.05, 0) is 49.4 Å². The van der Waals surface area contributed by atoms with E-state index >= 15 is 0 Å². The molecule has 0 aliphatic carbocycles. The third-order valence-electron chi connectivity index (χ3n) is 6.08. The summed E-state index contributed by atoms with van der Waals surface area (Å²) >= 11 is 0. The Kier molecular flexibility index (Phi) is 6.65. The van der Waals surface area contributed by atoms with E-state index in [1.807, 2.05) is 49.3 Å². The Labute approximate surface area is 178 Å². The fourth-order valence-electron chi connectivity index (χ4n) is 4.28. The normalized spacial score (nSPS) is 23.5. The summed E-state index contributed by atoms with van der Waals surface area (Å²) in [5, 5.41) is 0. The van der Waals surface area contributed by atoms with E-state index in [2.05, 4.69) is 22.0 Å². The summed E-state index contributed by atoms with van der Waals surface area (Å²) in [5.74, 6) is 0.803. The number of nitrogens with zero attached hydrogens (tertiary/aromatic N) is 3. The van der Waals surface area contributed by atoms with Gasteiger partial charge in [0.15, 0.2) is 6.61 Å². The maximum atomic E-state index is 12.9. The van der Waals surface area contributed by atoms with Crippen LogP contribution in [0.5, 0.6) is 5.75 Å². The van der Waals surface area contributed by atoms with E-state index in [-0.39, 0.29) is 24.7 Å². The van der Waals surface area contributed by atoms with E-state index in [4.69, 9.17) is 9.47 Å². The quantitative estimate of drug-likeness (QED) is 0.764. The predicted molar refractivity (Wildman–Crippen MR) is 115 cm³/mol. The van der Waals surface area contributed by atoms with Crippen molar-refractivity contribution < 1.29 is 14.3 Å². The highest BCUT2D eigenvalue weighted by Crippen LogP contribution is 2.24. The maximum absolute atomic E-state index is 12.9. The largest absolute Gasteiger partial charge is 0.483 e. The number of rotatable bonds is 2. The van der Waals surface area contributed by atoms with Crippen LogP contribution < -0.4 is 4.74 Å². The molecule has 0 N–H and O–H groups in total. The summed E-state index contributed by atoms with van der Waals surface area (Å²) in [6, 6.07) is 12.2. The zero-order valence-corrected chi connectivity index (χ0v) is 17.9. The monoisotopic (exact) mass is 409 g/mol. The molecule has 0 spiro atoms. The molecular formula is C24H31N3O3. The molecule has 0 radical (unpaired) electrons. The summed E-state index contributed by atoms with van der Waals surface area (Å²) in [6.07, 6.45) is 4.92. The van der Waals surface area contributed by atoms with Crippen molar-refractivity contribution in [3.05, 3.63) is 59.4 Å². The van der Waals surface area contributed by atoms with Crippen LogP contribution in [0.1, 0.15) is 29.7 Å². The number of pyridine rings is 1. The fourth-order valence-corrected chi connectivity index (χ4v) is 4.28. The van der Waals surface area contributed by atoms with Crippen LogP contribution in [0.3, 0.4) is 0 Å². The fraction of sp³-hybridized carbons (Fsp3) is 0.500. The average molecular weight is 410 g/mol. The summed E-state index contributed by atoms with van der Waals surface area (Å²) in [7, 11) is 1.87. The van der Waals surface area contributed by atoms with E-state index in [1.54, 1.807) is 0 Å². The highest BCUT2D eigenvalue weighted by molar-refractivity contribution is 5.78. The Balaban J connectivity index is 1.46. The molecule has 4 rings (SSSR count). The van der Waals surface area contributed by atoms with Crippen LogP contribution in [0.15, 0.2) is 42.6 Å². The van der Waals surface area contributed by atoms with Gasteiger partial charge in [0.05, 0.1) is 12.1 Å². The first-order valence-electron chi connectivity index (χ1n) is 10.8. The SMILES string of the molecule is Cc1ccc(CN2C[C@H]3OCCCCc4ccccc4OCC(=O)N(C)[C@H]3C2)cn1. The number of hydrogen-bond donors (Lipinski definition) is 0. The molecule has 30 heavy (non-hydrogen) atoms. The van der Waals surface area contributed by atoms with Crippen molar-refractivity contribution in [2.45, 2.75) is 44.9 Å². The molecule has 2 atom stereocenters. The zero-order chi connectivity index (χ0) is 20.9. The van der Waals surface area contributed by atoms with Gasteiger partial charge in [-0.25, -0.2) is 0 Å². The third-order valence-corrected chi connectivity index (χ3v) is 6.08. The van der Waals surface area contributed by atoms with Crippen molar-refractivity contribution in [3.63, 3.8) is 0 Å². The first kappa shape index (κ1) is 20.8. The summed E-state index contributed by atoms with van der Waals surface area (Å²) in [6.45, 7) is 5.18. The molecule has 1 fully saturated rings. The van der Waals surface area contributed by atoms with Gasteiger partial charge in [0.2, 0.25) is 0 Å². The number of likely N-dealkylation sites (N-methyl/N-ethyl adjacent to an activating group) is 1. The minimum atomic E-state index is -0.0125. The van der Waals surface area contributed by atoms with Gasteiger partial charge in [-0.1, -0.05) is 24.3 Å². The van der Waals surface area contributed by atoms with Crippen molar-refractivity contribution in [3.8, 4) is 5.75 Å². The van der Waals surface area contributed by atoms with Crippen molar-refractivity contribution in [2.75, 3.05) is 33.4 Å². The molecule has 6 heteroatoms. The molecule has 1 saturated heterocycles. The van der Waals surface area contributed by atoms with Crippen molar-refractivity contribution in [1.29, 1.82) is 0 Å². The lowest BCUT2D eigenvalue weighted by Crippen LogP contribution is -2.47. The maximum Gasteiger partial charge on any atom is 0.260 e. The molecule has 160 valence electrons. The number of para-hydroxylation sites is 1. The molecule has 1 amide bonds. The minimum absolute atomic E-state index is 0.0125. The van der Waals surface area contributed by atoms with E-state index in [0.717, 1.165) is 55.9 Å². The summed E-state index contributed by atoms with van der Waals surface area (Å²) in [4.78, 5) is 21.5. The number of carbonyl (C=O) groups is 1. The molecule has 1 aromatic carbocycles. The molecule has 0 saturated carbocycles. The molecule has 2 aliphatic heterocycles. The van der Waals surface area contributed by atoms with Crippen LogP contribution in [0.25, 0.3) is 0 Å². The second-order valence-corrected chi connectivity index (χ2v) is 8.34. The van der Waals surface area contributed by atoms with E-state index in [1.165, 1.54) is 5.56 Å². The van der Waals surface area contributed by atoms with Gasteiger partial charge in [0, 0.05) is 45.2 Å². The molecule has 2 aliphatic rings. The van der Waals surface area contributed by atoms with Gasteiger partial charge in [-0.15, -0.1) is 0 Å². The molecular weight excluding hydrogens is 378 g/mol. The van der Waals surface area contributed by atoms with Gasteiger partial charge in [-0.3, -0.25) is 14.7 Å². The van der Waals surface area contributed by atoms with E-state index in [9.17, 15) is 4.79 Å². The number of likely N-dealkylation sites (tertiary alicyclic amines) is 1. The third kappa shape index (κ3) is 4.99. The molecule has 1 aromatic heterocycles. The lowest BCUT2D eigenvalue weighted by atomic mass is 10.1. The average Bonchev–Trinajstić information content (AvgIpc) is 3.15. The van der Waals surface area contributed by atoms with E-state index < -0.39 is 0 Å². The van der Waals surface area contributed by atoms with Crippen LogP contribution in [0.2, 0.25) is 0 Å². The molecule has 0 bridgehead atoms. The smallest absolute Gasteiger partial charge is 0.260 e. The second kappa shape index (κ2) is 9.58.